The van der Waals surface area contributed by atoms with Crippen LogP contribution in [0.2, 0.25) is 0 Å². The molecule has 5 aromatic rings. The zero-order valence-electron chi connectivity index (χ0n) is 18.5. The van der Waals surface area contributed by atoms with E-state index in [0.717, 1.165) is 39.2 Å². The second-order valence-corrected chi connectivity index (χ2v) is 8.12. The van der Waals surface area contributed by atoms with Gasteiger partial charge in [-0.25, -0.2) is 0 Å². The van der Waals surface area contributed by atoms with Gasteiger partial charge in [-0.2, -0.15) is 4.57 Å². The molecule has 0 radical (unpaired) electrons. The lowest BCUT2D eigenvalue weighted by molar-refractivity contribution is -0.666. The van der Waals surface area contributed by atoms with Gasteiger partial charge in [0, 0.05) is 41.0 Å². The molecule has 0 aliphatic carbocycles. The predicted molar refractivity (Wildman–Crippen MR) is 135 cm³/mol. The van der Waals surface area contributed by atoms with Crippen LogP contribution in [0.15, 0.2) is 127 Å². The number of non-ortho nitro benzene ring substituents is 1. The van der Waals surface area contributed by atoms with Gasteiger partial charge in [0.05, 0.1) is 4.92 Å². The van der Waals surface area contributed by atoms with Crippen molar-refractivity contribution in [2.24, 2.45) is 0 Å². The quantitative estimate of drug-likeness (QED) is 0.162. The maximum Gasteiger partial charge on any atom is 0.269 e. The van der Waals surface area contributed by atoms with Gasteiger partial charge < -0.3 is 0 Å². The van der Waals surface area contributed by atoms with Crippen LogP contribution in [0.1, 0.15) is 5.56 Å². The van der Waals surface area contributed by atoms with Crippen LogP contribution in [-0.2, 0) is 6.54 Å². The topological polar surface area (TPSA) is 47.0 Å². The molecule has 0 saturated heterocycles. The number of nitro benzene ring substituents is 1. The summed E-state index contributed by atoms with van der Waals surface area (Å²) in [7, 11) is 0. The Kier molecular flexibility index (Phi) is 5.95. The van der Waals surface area contributed by atoms with Crippen molar-refractivity contribution in [3.05, 3.63) is 143 Å². The Bertz CT molecular complexity index is 1360. The summed E-state index contributed by atoms with van der Waals surface area (Å²) in [6.45, 7) is 0.585. The van der Waals surface area contributed by atoms with Crippen LogP contribution < -0.4 is 4.57 Å². The van der Waals surface area contributed by atoms with E-state index in [1.54, 1.807) is 12.1 Å². The molecule has 4 heteroatoms. The van der Waals surface area contributed by atoms with Gasteiger partial charge in [-0.1, -0.05) is 66.7 Å². The maximum absolute atomic E-state index is 11.1. The zero-order chi connectivity index (χ0) is 23.3. The van der Waals surface area contributed by atoms with Crippen LogP contribution in [-0.4, -0.2) is 4.92 Å². The Morgan fingerprint density at radius 3 is 1.44 bits per heavy atom. The third-order valence-electron chi connectivity index (χ3n) is 5.90. The van der Waals surface area contributed by atoms with Crippen molar-refractivity contribution in [1.82, 2.24) is 0 Å². The SMILES string of the molecule is O=[N+]([O-])c1ccc(C[n+]2c(-c3ccccc3)cc(-c3ccccc3)cc2-c2ccccc2)cc1. The van der Waals surface area contributed by atoms with E-state index in [9.17, 15) is 10.1 Å². The lowest BCUT2D eigenvalue weighted by Crippen LogP contribution is -2.39. The van der Waals surface area contributed by atoms with Crippen molar-refractivity contribution in [3.63, 3.8) is 0 Å². The molecule has 0 fully saturated rings. The molecular weight excluding hydrogens is 420 g/mol. The number of aromatic nitrogens is 1. The molecule has 4 nitrogen and oxygen atoms in total. The Labute approximate surface area is 198 Å². The van der Waals surface area contributed by atoms with E-state index in [2.05, 4.69) is 65.2 Å². The second kappa shape index (κ2) is 9.51. The largest absolute Gasteiger partial charge is 0.269 e. The van der Waals surface area contributed by atoms with Crippen molar-refractivity contribution >= 4 is 5.69 Å². The van der Waals surface area contributed by atoms with Gasteiger partial charge in [-0.3, -0.25) is 10.1 Å². The van der Waals surface area contributed by atoms with E-state index >= 15 is 0 Å². The highest BCUT2D eigenvalue weighted by Crippen LogP contribution is 2.29. The molecule has 0 saturated carbocycles. The summed E-state index contributed by atoms with van der Waals surface area (Å²) >= 11 is 0. The summed E-state index contributed by atoms with van der Waals surface area (Å²) in [4.78, 5) is 10.8. The fourth-order valence-electron chi connectivity index (χ4n) is 4.19. The van der Waals surface area contributed by atoms with Gasteiger partial charge in [0.1, 0.15) is 0 Å². The molecule has 0 amide bonds. The average molecular weight is 444 g/mol. The van der Waals surface area contributed by atoms with E-state index in [1.165, 1.54) is 0 Å². The molecule has 1 heterocycles. The van der Waals surface area contributed by atoms with Crippen LogP contribution in [0, 0.1) is 10.1 Å². The van der Waals surface area contributed by atoms with Gasteiger partial charge in [0.15, 0.2) is 6.54 Å². The predicted octanol–water partition coefficient (Wildman–Crippen LogP) is 6.93. The van der Waals surface area contributed by atoms with Crippen LogP contribution in [0.5, 0.6) is 0 Å². The van der Waals surface area contributed by atoms with E-state index < -0.39 is 0 Å². The van der Waals surface area contributed by atoms with Gasteiger partial charge in [0.25, 0.3) is 5.69 Å². The molecule has 0 aliphatic heterocycles. The van der Waals surface area contributed by atoms with Crippen molar-refractivity contribution < 1.29 is 9.49 Å². The summed E-state index contributed by atoms with van der Waals surface area (Å²) in [5.41, 5.74) is 7.77. The Balaban J connectivity index is 1.74. The third kappa shape index (κ3) is 4.48. The Morgan fingerprint density at radius 1 is 0.559 bits per heavy atom. The fourth-order valence-corrected chi connectivity index (χ4v) is 4.19. The summed E-state index contributed by atoms with van der Waals surface area (Å²) in [5, 5.41) is 11.1. The first kappa shape index (κ1) is 21.3. The zero-order valence-corrected chi connectivity index (χ0v) is 18.5. The maximum atomic E-state index is 11.1. The van der Waals surface area contributed by atoms with E-state index in [-0.39, 0.29) is 10.6 Å². The summed E-state index contributed by atoms with van der Waals surface area (Å²) in [6, 6.07) is 42.3. The van der Waals surface area contributed by atoms with Crippen LogP contribution >= 0.6 is 0 Å². The molecule has 1 aromatic heterocycles. The molecule has 5 rings (SSSR count). The minimum absolute atomic E-state index is 0.0970. The number of hydrogen-bond acceptors (Lipinski definition) is 2. The number of rotatable bonds is 6. The second-order valence-electron chi connectivity index (χ2n) is 8.12. The Hall–Kier alpha value is -4.57. The van der Waals surface area contributed by atoms with Gasteiger partial charge in [0.2, 0.25) is 11.4 Å². The monoisotopic (exact) mass is 443 g/mol. The minimum atomic E-state index is -0.365. The van der Waals surface area contributed by atoms with Crippen molar-refractivity contribution in [2.75, 3.05) is 0 Å². The number of benzene rings is 4. The van der Waals surface area contributed by atoms with Crippen molar-refractivity contribution in [2.45, 2.75) is 6.54 Å². The molecule has 4 aromatic carbocycles. The van der Waals surface area contributed by atoms with Gasteiger partial charge in [-0.15, -0.1) is 0 Å². The molecule has 0 atom stereocenters. The minimum Gasteiger partial charge on any atom is -0.258 e. The van der Waals surface area contributed by atoms with Gasteiger partial charge in [-0.05, 0) is 47.5 Å². The van der Waals surface area contributed by atoms with Crippen molar-refractivity contribution in [3.8, 4) is 33.6 Å². The molecule has 0 bridgehead atoms. The van der Waals surface area contributed by atoms with Gasteiger partial charge >= 0.3 is 0 Å². The smallest absolute Gasteiger partial charge is 0.258 e. The van der Waals surface area contributed by atoms with Crippen LogP contribution in [0.3, 0.4) is 0 Å². The van der Waals surface area contributed by atoms with E-state index in [1.807, 2.05) is 54.6 Å². The van der Waals surface area contributed by atoms with Crippen LogP contribution in [0.4, 0.5) is 5.69 Å². The first-order chi connectivity index (χ1) is 16.7. The third-order valence-corrected chi connectivity index (χ3v) is 5.90. The highest BCUT2D eigenvalue weighted by Gasteiger charge is 2.23. The molecule has 0 N–H and O–H groups in total. The molecule has 0 unspecified atom stereocenters. The highest BCUT2D eigenvalue weighted by atomic mass is 16.6. The lowest BCUT2D eigenvalue weighted by atomic mass is 9.98. The molecule has 0 aliphatic rings. The molecule has 164 valence electrons. The first-order valence-corrected chi connectivity index (χ1v) is 11.2. The number of nitrogens with zero attached hydrogens (tertiary/aromatic N) is 2. The Morgan fingerprint density at radius 2 is 1.00 bits per heavy atom. The van der Waals surface area contributed by atoms with E-state index in [0.29, 0.717) is 6.54 Å². The normalized spacial score (nSPS) is 10.7. The highest BCUT2D eigenvalue weighted by molar-refractivity contribution is 5.73. The molecule has 0 spiro atoms. The number of hydrogen-bond donors (Lipinski definition) is 0. The fraction of sp³-hybridized carbons (Fsp3) is 0.0333. The average Bonchev–Trinajstić information content (AvgIpc) is 2.90. The summed E-state index contributed by atoms with van der Waals surface area (Å²) < 4.78 is 2.29. The molecule has 34 heavy (non-hydrogen) atoms. The summed E-state index contributed by atoms with van der Waals surface area (Å²) in [5.74, 6) is 0. The number of nitro groups is 1. The lowest BCUT2D eigenvalue weighted by Gasteiger charge is -2.13. The van der Waals surface area contributed by atoms with E-state index in [4.69, 9.17) is 0 Å². The van der Waals surface area contributed by atoms with Crippen molar-refractivity contribution in [1.29, 1.82) is 0 Å². The standard InChI is InChI=1S/C30H23N2O2/c33-32(34)28-18-16-23(17-19-28)22-31-29(25-12-6-2-7-13-25)20-27(24-10-4-1-5-11-24)21-30(31)26-14-8-3-9-15-26/h1-21H,22H2/q+1. The first-order valence-electron chi connectivity index (χ1n) is 11.2. The summed E-state index contributed by atoms with van der Waals surface area (Å²) in [6.07, 6.45) is 0. The number of pyridine rings is 1. The van der Waals surface area contributed by atoms with Crippen LogP contribution in [0.25, 0.3) is 33.6 Å². The molecular formula is C30H23N2O2+.